The fourth-order valence-corrected chi connectivity index (χ4v) is 1.06. The lowest BCUT2D eigenvalue weighted by atomic mass is 9.95. The second kappa shape index (κ2) is 6.62. The lowest BCUT2D eigenvalue weighted by Crippen LogP contribution is -2.22. The molecule has 0 amide bonds. The Kier molecular flexibility index (Phi) is 6.25. The fourth-order valence-electron chi connectivity index (χ4n) is 1.06. The molecule has 4 nitrogen and oxygen atoms in total. The lowest BCUT2D eigenvalue weighted by molar-refractivity contribution is 0.490. The Balaban J connectivity index is 0.000000385. The highest BCUT2D eigenvalue weighted by atomic mass is 32.2. The molecule has 92 valence electrons. The number of hydrogen-bond donors (Lipinski definition) is 2. The number of benzene rings is 1. The second-order valence-corrected chi connectivity index (χ2v) is 5.26. The number of hydrogen-bond acceptors (Lipinski definition) is 3. The van der Waals surface area contributed by atoms with E-state index in [1.807, 2.05) is 25.1 Å². The summed E-state index contributed by atoms with van der Waals surface area (Å²) >= 11 is 0. The zero-order valence-electron chi connectivity index (χ0n) is 9.79. The van der Waals surface area contributed by atoms with Crippen LogP contribution in [0.2, 0.25) is 0 Å². The molecule has 0 saturated carbocycles. The first-order valence-corrected chi connectivity index (χ1v) is 6.79. The molecule has 1 aromatic carbocycles. The van der Waals surface area contributed by atoms with Gasteiger partial charge in [-0.25, -0.2) is 0 Å². The summed E-state index contributed by atoms with van der Waals surface area (Å²) in [5.74, 6) is 0.455. The van der Waals surface area contributed by atoms with Gasteiger partial charge in [-0.1, -0.05) is 37.3 Å². The molecule has 0 bridgehead atoms. The van der Waals surface area contributed by atoms with Gasteiger partial charge in [0.05, 0.1) is 6.26 Å². The smallest absolute Gasteiger partial charge is 0.261 e. The summed E-state index contributed by atoms with van der Waals surface area (Å²) in [5.41, 5.74) is 7.09. The first-order chi connectivity index (χ1) is 7.22. The van der Waals surface area contributed by atoms with Gasteiger partial charge in [0.25, 0.3) is 10.1 Å². The highest BCUT2D eigenvalue weighted by Gasteiger charge is 2.08. The minimum absolute atomic E-state index is 0.234. The molecule has 0 heterocycles. The highest BCUT2D eigenvalue weighted by molar-refractivity contribution is 7.85. The van der Waals surface area contributed by atoms with Gasteiger partial charge in [-0.3, -0.25) is 4.55 Å². The Morgan fingerprint density at radius 3 is 1.88 bits per heavy atom. The van der Waals surface area contributed by atoms with Crippen LogP contribution < -0.4 is 5.73 Å². The van der Waals surface area contributed by atoms with Crippen molar-refractivity contribution in [3.63, 3.8) is 0 Å². The predicted octanol–water partition coefficient (Wildman–Crippen LogP) is 1.64. The van der Waals surface area contributed by atoms with Crippen molar-refractivity contribution in [3.8, 4) is 0 Å². The molecule has 16 heavy (non-hydrogen) atoms. The van der Waals surface area contributed by atoms with Crippen molar-refractivity contribution in [2.75, 3.05) is 6.26 Å². The van der Waals surface area contributed by atoms with Crippen LogP contribution in [0.15, 0.2) is 30.3 Å². The van der Waals surface area contributed by atoms with E-state index in [1.165, 1.54) is 5.56 Å². The zero-order valence-corrected chi connectivity index (χ0v) is 10.6. The van der Waals surface area contributed by atoms with Crippen LogP contribution in [-0.2, 0) is 10.1 Å². The van der Waals surface area contributed by atoms with E-state index in [2.05, 4.69) is 19.1 Å². The van der Waals surface area contributed by atoms with Crippen molar-refractivity contribution in [3.05, 3.63) is 35.9 Å². The molecule has 3 N–H and O–H groups in total. The molecule has 5 heteroatoms. The largest absolute Gasteiger partial charge is 0.327 e. The van der Waals surface area contributed by atoms with E-state index in [0.29, 0.717) is 12.2 Å². The maximum Gasteiger partial charge on any atom is 0.261 e. The average molecular weight is 245 g/mol. The lowest BCUT2D eigenvalue weighted by Gasteiger charge is -2.15. The summed E-state index contributed by atoms with van der Waals surface area (Å²) in [6, 6.07) is 10.6. The maximum atomic E-state index is 9.19. The van der Waals surface area contributed by atoms with Crippen LogP contribution in [0.5, 0.6) is 0 Å². The molecule has 1 aromatic rings. The van der Waals surface area contributed by atoms with E-state index >= 15 is 0 Å². The van der Waals surface area contributed by atoms with E-state index in [0.717, 1.165) is 0 Å². The van der Waals surface area contributed by atoms with E-state index < -0.39 is 10.1 Å². The monoisotopic (exact) mass is 245 g/mol. The van der Waals surface area contributed by atoms with Crippen molar-refractivity contribution in [1.82, 2.24) is 0 Å². The highest BCUT2D eigenvalue weighted by Crippen LogP contribution is 2.16. The maximum absolute atomic E-state index is 9.19. The fraction of sp³-hybridized carbons (Fsp3) is 0.455. The van der Waals surface area contributed by atoms with Gasteiger partial charge in [0.2, 0.25) is 0 Å². The summed E-state index contributed by atoms with van der Waals surface area (Å²) in [6.45, 7) is 4.19. The van der Waals surface area contributed by atoms with Crippen LogP contribution in [0.1, 0.15) is 25.3 Å². The topological polar surface area (TPSA) is 80.4 Å². The molecule has 2 atom stereocenters. The molecular formula is C11H19NO3S. The van der Waals surface area contributed by atoms with Gasteiger partial charge in [0.15, 0.2) is 0 Å². The average Bonchev–Trinajstić information content (AvgIpc) is 2.15. The van der Waals surface area contributed by atoms with E-state index in [1.54, 1.807) is 0 Å². The second-order valence-electron chi connectivity index (χ2n) is 3.79. The summed E-state index contributed by atoms with van der Waals surface area (Å²) in [4.78, 5) is 0. The first-order valence-electron chi connectivity index (χ1n) is 4.94. The first kappa shape index (κ1) is 15.1. The third-order valence-corrected chi connectivity index (χ3v) is 2.11. The molecule has 0 aliphatic rings. The minimum atomic E-state index is -3.67. The molecule has 0 fully saturated rings. The molecule has 0 radical (unpaired) electrons. The summed E-state index contributed by atoms with van der Waals surface area (Å²) in [6.07, 6.45) is 0.715. The molecular weight excluding hydrogens is 226 g/mol. The van der Waals surface area contributed by atoms with Crippen molar-refractivity contribution in [1.29, 1.82) is 0 Å². The normalized spacial score (nSPS) is 14.6. The van der Waals surface area contributed by atoms with Crippen LogP contribution in [0.3, 0.4) is 0 Å². The van der Waals surface area contributed by atoms with Gasteiger partial charge in [-0.05, 0) is 18.4 Å². The Labute approximate surface area is 97.2 Å². The summed E-state index contributed by atoms with van der Waals surface area (Å²) in [7, 11) is -3.67. The molecule has 0 saturated heterocycles. The van der Waals surface area contributed by atoms with Crippen LogP contribution >= 0.6 is 0 Å². The van der Waals surface area contributed by atoms with E-state index in [4.69, 9.17) is 10.3 Å². The summed E-state index contributed by atoms with van der Waals surface area (Å²) < 4.78 is 25.9. The molecule has 0 spiro atoms. The Hall–Kier alpha value is -0.910. The SMILES string of the molecule is CS(=O)(=O)O.C[C@H](c1ccccc1)[C@@H](C)N. The number of rotatable bonds is 2. The molecule has 1 rings (SSSR count). The van der Waals surface area contributed by atoms with E-state index in [9.17, 15) is 8.42 Å². The van der Waals surface area contributed by atoms with Crippen molar-refractivity contribution >= 4 is 10.1 Å². The van der Waals surface area contributed by atoms with Gasteiger partial charge in [0, 0.05) is 6.04 Å². The van der Waals surface area contributed by atoms with Gasteiger partial charge in [-0.15, -0.1) is 0 Å². The quantitative estimate of drug-likeness (QED) is 0.776. The predicted molar refractivity (Wildman–Crippen MR) is 66.0 cm³/mol. The summed E-state index contributed by atoms with van der Waals surface area (Å²) in [5, 5.41) is 0. The Morgan fingerprint density at radius 1 is 1.19 bits per heavy atom. The van der Waals surface area contributed by atoms with Gasteiger partial charge < -0.3 is 5.73 Å². The van der Waals surface area contributed by atoms with Crippen molar-refractivity contribution in [2.24, 2.45) is 5.73 Å². The standard InChI is InChI=1S/C10H15N.CH4O3S/c1-8(9(2)11)10-6-4-3-5-7-10;1-5(2,3)4/h3-9H,11H2,1-2H3;1H3,(H,2,3,4)/t8-,9+;/m0./s1. The zero-order chi connectivity index (χ0) is 12.8. The molecule has 0 aliphatic carbocycles. The van der Waals surface area contributed by atoms with Crippen molar-refractivity contribution in [2.45, 2.75) is 25.8 Å². The molecule has 0 aliphatic heterocycles. The third kappa shape index (κ3) is 8.40. The van der Waals surface area contributed by atoms with Crippen LogP contribution in [-0.4, -0.2) is 25.3 Å². The Bertz CT molecular complexity index is 379. The Morgan fingerprint density at radius 2 is 1.56 bits per heavy atom. The van der Waals surface area contributed by atoms with Gasteiger partial charge >= 0.3 is 0 Å². The third-order valence-electron chi connectivity index (χ3n) is 2.11. The van der Waals surface area contributed by atoms with Crippen LogP contribution in [0.25, 0.3) is 0 Å². The minimum Gasteiger partial charge on any atom is -0.327 e. The van der Waals surface area contributed by atoms with Gasteiger partial charge in [-0.2, -0.15) is 8.42 Å². The number of nitrogens with two attached hydrogens (primary N) is 1. The van der Waals surface area contributed by atoms with Gasteiger partial charge in [0.1, 0.15) is 0 Å². The molecule has 0 unspecified atom stereocenters. The van der Waals surface area contributed by atoms with Crippen LogP contribution in [0.4, 0.5) is 0 Å². The van der Waals surface area contributed by atoms with Crippen molar-refractivity contribution < 1.29 is 13.0 Å². The van der Waals surface area contributed by atoms with E-state index in [-0.39, 0.29) is 6.04 Å². The molecule has 0 aromatic heterocycles. The van der Waals surface area contributed by atoms with Crippen LogP contribution in [0, 0.1) is 0 Å².